The molecule has 1 amide bonds. The number of nitrogens with two attached hydrogens (primary N) is 1. The molecule has 1 unspecified atom stereocenters. The van der Waals surface area contributed by atoms with E-state index in [0.29, 0.717) is 6.61 Å². The van der Waals surface area contributed by atoms with E-state index in [0.717, 1.165) is 5.75 Å². The summed E-state index contributed by atoms with van der Waals surface area (Å²) in [6, 6.07) is 0. The number of hydrogen-bond donors (Lipinski definition) is 2. The van der Waals surface area contributed by atoms with Crippen LogP contribution >= 0.6 is 11.8 Å². The second-order valence-corrected chi connectivity index (χ2v) is 3.46. The Morgan fingerprint density at radius 1 is 1.82 bits per heavy atom. The number of hydrogen-bond acceptors (Lipinski definition) is 4. The molecular weight excluding hydrogens is 164 g/mol. The topological polar surface area (TPSA) is 64.3 Å². The van der Waals surface area contributed by atoms with Gasteiger partial charge in [-0.15, -0.1) is 11.8 Å². The maximum atomic E-state index is 10.8. The molecule has 0 aromatic rings. The average molecular weight is 178 g/mol. The van der Waals surface area contributed by atoms with Crippen LogP contribution in [-0.4, -0.2) is 30.6 Å². The lowest BCUT2D eigenvalue weighted by Crippen LogP contribution is -2.36. The first kappa shape index (κ1) is 10.7. The zero-order chi connectivity index (χ0) is 8.69. The fourth-order valence-corrected chi connectivity index (χ4v) is 1.34. The standard InChI is InChI=1S/C6H14N2O2S/c1-5(6(9)8-7)11-4-3-10-2/h5H,3-4,7H2,1-2H3,(H,8,9). The van der Waals surface area contributed by atoms with Crippen molar-refractivity contribution in [2.24, 2.45) is 5.84 Å². The number of thioether (sulfide) groups is 1. The molecule has 4 nitrogen and oxygen atoms in total. The van der Waals surface area contributed by atoms with Gasteiger partial charge in [0.15, 0.2) is 0 Å². The third kappa shape index (κ3) is 5.06. The SMILES string of the molecule is COCCSC(C)C(=O)NN. The summed E-state index contributed by atoms with van der Waals surface area (Å²) < 4.78 is 4.82. The molecule has 0 spiro atoms. The van der Waals surface area contributed by atoms with Crippen LogP contribution in [0.15, 0.2) is 0 Å². The summed E-state index contributed by atoms with van der Waals surface area (Å²) in [4.78, 5) is 10.8. The molecule has 3 N–H and O–H groups in total. The Morgan fingerprint density at radius 3 is 2.91 bits per heavy atom. The van der Waals surface area contributed by atoms with Crippen LogP contribution in [0.5, 0.6) is 0 Å². The number of hydrazine groups is 1. The first-order valence-corrected chi connectivity index (χ1v) is 4.38. The number of methoxy groups -OCH3 is 1. The summed E-state index contributed by atoms with van der Waals surface area (Å²) in [7, 11) is 1.63. The van der Waals surface area contributed by atoms with Crippen LogP contribution in [-0.2, 0) is 9.53 Å². The monoisotopic (exact) mass is 178 g/mol. The summed E-state index contributed by atoms with van der Waals surface area (Å²) in [5.41, 5.74) is 2.09. The van der Waals surface area contributed by atoms with Crippen LogP contribution < -0.4 is 11.3 Å². The van der Waals surface area contributed by atoms with E-state index in [-0.39, 0.29) is 11.2 Å². The van der Waals surface area contributed by atoms with Gasteiger partial charge in [-0.2, -0.15) is 0 Å². The molecule has 0 saturated heterocycles. The zero-order valence-corrected chi connectivity index (χ0v) is 7.61. The maximum absolute atomic E-state index is 10.8. The number of carbonyl (C=O) groups excluding carboxylic acids is 1. The van der Waals surface area contributed by atoms with Crippen LogP contribution in [0.1, 0.15) is 6.92 Å². The first-order valence-electron chi connectivity index (χ1n) is 3.33. The molecule has 1 atom stereocenters. The summed E-state index contributed by atoms with van der Waals surface area (Å²) in [6.07, 6.45) is 0. The van der Waals surface area contributed by atoms with Crippen LogP contribution in [0.25, 0.3) is 0 Å². The Morgan fingerprint density at radius 2 is 2.45 bits per heavy atom. The minimum absolute atomic E-state index is 0.102. The molecule has 0 saturated carbocycles. The summed E-state index contributed by atoms with van der Waals surface area (Å²) in [5.74, 6) is 5.60. The summed E-state index contributed by atoms with van der Waals surface area (Å²) in [6.45, 7) is 2.47. The van der Waals surface area contributed by atoms with Gasteiger partial charge >= 0.3 is 0 Å². The Balaban J connectivity index is 3.36. The van der Waals surface area contributed by atoms with Gasteiger partial charge in [-0.3, -0.25) is 10.2 Å². The second kappa shape index (κ2) is 6.45. The third-order valence-electron chi connectivity index (χ3n) is 1.17. The van der Waals surface area contributed by atoms with Gasteiger partial charge in [0.05, 0.1) is 11.9 Å². The predicted octanol–water partition coefficient (Wildman–Crippen LogP) is -0.256. The first-order chi connectivity index (χ1) is 5.22. The van der Waals surface area contributed by atoms with Crippen molar-refractivity contribution in [3.05, 3.63) is 0 Å². The van der Waals surface area contributed by atoms with E-state index >= 15 is 0 Å². The largest absolute Gasteiger partial charge is 0.384 e. The molecule has 0 fully saturated rings. The van der Waals surface area contributed by atoms with Gasteiger partial charge in [0.25, 0.3) is 0 Å². The molecule has 0 aromatic carbocycles. The zero-order valence-electron chi connectivity index (χ0n) is 6.79. The van der Waals surface area contributed by atoms with Crippen molar-refractivity contribution in [2.45, 2.75) is 12.2 Å². The van der Waals surface area contributed by atoms with E-state index in [2.05, 4.69) is 5.43 Å². The average Bonchev–Trinajstić information content (AvgIpc) is 2.03. The second-order valence-electron chi connectivity index (χ2n) is 2.01. The van der Waals surface area contributed by atoms with E-state index in [1.807, 2.05) is 6.92 Å². The van der Waals surface area contributed by atoms with Crippen molar-refractivity contribution in [1.82, 2.24) is 5.43 Å². The van der Waals surface area contributed by atoms with E-state index in [1.165, 1.54) is 11.8 Å². The fraction of sp³-hybridized carbons (Fsp3) is 0.833. The molecule has 66 valence electrons. The summed E-state index contributed by atoms with van der Waals surface area (Å²) in [5, 5.41) is -0.102. The lowest BCUT2D eigenvalue weighted by Gasteiger charge is -2.07. The number of nitrogens with one attached hydrogen (secondary N) is 1. The number of rotatable bonds is 5. The highest BCUT2D eigenvalue weighted by Gasteiger charge is 2.10. The fourth-order valence-electron chi connectivity index (χ4n) is 0.501. The molecule has 0 aliphatic heterocycles. The Labute approximate surface area is 70.8 Å². The van der Waals surface area contributed by atoms with Crippen LogP contribution in [0, 0.1) is 0 Å². The lowest BCUT2D eigenvalue weighted by atomic mass is 10.5. The van der Waals surface area contributed by atoms with Gasteiger partial charge in [0.2, 0.25) is 5.91 Å². The lowest BCUT2D eigenvalue weighted by molar-refractivity contribution is -0.120. The van der Waals surface area contributed by atoms with Crippen LogP contribution in [0.3, 0.4) is 0 Å². The Hall–Kier alpha value is -0.260. The van der Waals surface area contributed by atoms with Gasteiger partial charge in [-0.05, 0) is 6.92 Å². The van der Waals surface area contributed by atoms with Crippen molar-refractivity contribution < 1.29 is 9.53 Å². The molecule has 0 bridgehead atoms. The highest BCUT2D eigenvalue weighted by atomic mass is 32.2. The number of amides is 1. The normalized spacial score (nSPS) is 12.6. The molecule has 0 aliphatic rings. The van der Waals surface area contributed by atoms with Gasteiger partial charge in [-0.1, -0.05) is 0 Å². The van der Waals surface area contributed by atoms with Crippen LogP contribution in [0.2, 0.25) is 0 Å². The molecule has 11 heavy (non-hydrogen) atoms. The highest BCUT2D eigenvalue weighted by molar-refractivity contribution is 8.00. The van der Waals surface area contributed by atoms with Crippen molar-refractivity contribution in [3.63, 3.8) is 0 Å². The third-order valence-corrected chi connectivity index (χ3v) is 2.28. The Bertz CT molecular complexity index is 121. The van der Waals surface area contributed by atoms with Gasteiger partial charge in [-0.25, -0.2) is 5.84 Å². The smallest absolute Gasteiger partial charge is 0.246 e. The van der Waals surface area contributed by atoms with E-state index < -0.39 is 0 Å². The van der Waals surface area contributed by atoms with Crippen molar-refractivity contribution >= 4 is 17.7 Å². The predicted molar refractivity (Wildman–Crippen MR) is 46.1 cm³/mol. The summed E-state index contributed by atoms with van der Waals surface area (Å²) >= 11 is 1.52. The molecule has 0 aromatic heterocycles. The molecule has 0 heterocycles. The minimum atomic E-state index is -0.147. The molecule has 0 aliphatic carbocycles. The minimum Gasteiger partial charge on any atom is -0.384 e. The molecule has 0 rings (SSSR count). The van der Waals surface area contributed by atoms with E-state index in [1.54, 1.807) is 7.11 Å². The van der Waals surface area contributed by atoms with Crippen molar-refractivity contribution in [2.75, 3.05) is 19.5 Å². The van der Waals surface area contributed by atoms with Crippen molar-refractivity contribution in [1.29, 1.82) is 0 Å². The van der Waals surface area contributed by atoms with E-state index in [4.69, 9.17) is 10.6 Å². The molecule has 5 heteroatoms. The van der Waals surface area contributed by atoms with Crippen LogP contribution in [0.4, 0.5) is 0 Å². The highest BCUT2D eigenvalue weighted by Crippen LogP contribution is 2.08. The molecular formula is C6H14N2O2S. The van der Waals surface area contributed by atoms with E-state index in [9.17, 15) is 4.79 Å². The van der Waals surface area contributed by atoms with Gasteiger partial charge < -0.3 is 4.74 Å². The molecule has 0 radical (unpaired) electrons. The maximum Gasteiger partial charge on any atom is 0.246 e. The number of carbonyl (C=O) groups is 1. The van der Waals surface area contributed by atoms with Gasteiger partial charge in [0, 0.05) is 12.9 Å². The Kier molecular flexibility index (Phi) is 6.30. The van der Waals surface area contributed by atoms with Crippen molar-refractivity contribution in [3.8, 4) is 0 Å². The van der Waals surface area contributed by atoms with Gasteiger partial charge in [0.1, 0.15) is 0 Å². The number of ether oxygens (including phenoxy) is 1. The quantitative estimate of drug-likeness (QED) is 0.263.